The van der Waals surface area contributed by atoms with Gasteiger partial charge in [-0.3, -0.25) is 10.1 Å². The Morgan fingerprint density at radius 1 is 1.15 bits per heavy atom. The molecule has 1 aliphatic heterocycles. The first-order chi connectivity index (χ1) is 15.8. The molecule has 1 amide bonds. The molecule has 0 saturated carbocycles. The molecule has 3 aromatic rings. The highest BCUT2D eigenvalue weighted by Crippen LogP contribution is 2.33. The number of benzene rings is 2. The van der Waals surface area contributed by atoms with Crippen LogP contribution in [-0.4, -0.2) is 43.8 Å². The number of amides is 1. The van der Waals surface area contributed by atoms with Crippen LogP contribution in [-0.2, 0) is 10.0 Å². The highest BCUT2D eigenvalue weighted by molar-refractivity contribution is 7.89. The molecule has 4 rings (SSSR count). The molecular weight excluding hydrogens is 465 g/mol. The monoisotopic (exact) mass is 489 g/mol. The Hall–Kier alpha value is -2.82. The van der Waals surface area contributed by atoms with Crippen LogP contribution in [0.3, 0.4) is 0 Å². The molecule has 1 N–H and O–H groups in total. The third kappa shape index (κ3) is 4.92. The second-order valence-corrected chi connectivity index (χ2v) is 10.6. The average molecular weight is 490 g/mol. The van der Waals surface area contributed by atoms with Gasteiger partial charge in [-0.1, -0.05) is 18.1 Å². The number of nitrogens with zero attached hydrogens (tertiary/aromatic N) is 2. The van der Waals surface area contributed by atoms with E-state index in [0.29, 0.717) is 29.7 Å². The van der Waals surface area contributed by atoms with E-state index in [1.807, 2.05) is 25.1 Å². The molecule has 1 fully saturated rings. The Bertz CT molecular complexity index is 1280. The minimum absolute atomic E-state index is 0.0388. The van der Waals surface area contributed by atoms with Gasteiger partial charge in [-0.15, -0.1) is 11.3 Å². The summed E-state index contributed by atoms with van der Waals surface area (Å²) in [5.41, 5.74) is 2.52. The van der Waals surface area contributed by atoms with E-state index in [1.54, 1.807) is 12.5 Å². The number of thiazole rings is 1. The number of anilines is 1. The fourth-order valence-corrected chi connectivity index (χ4v) is 6.05. The minimum Gasteiger partial charge on any atom is -0.496 e. The predicted molar refractivity (Wildman–Crippen MR) is 126 cm³/mol. The van der Waals surface area contributed by atoms with Crippen LogP contribution in [0.1, 0.15) is 35.2 Å². The second kappa shape index (κ2) is 9.58. The summed E-state index contributed by atoms with van der Waals surface area (Å²) in [6.45, 7) is 2.66. The van der Waals surface area contributed by atoms with Crippen molar-refractivity contribution in [1.82, 2.24) is 9.29 Å². The third-order valence-corrected chi connectivity index (χ3v) is 8.15. The Kier molecular flexibility index (Phi) is 6.78. The number of piperidine rings is 1. The molecule has 1 aliphatic rings. The fraction of sp³-hybridized carbons (Fsp3) is 0.304. The highest BCUT2D eigenvalue weighted by atomic mass is 32.2. The van der Waals surface area contributed by atoms with Crippen molar-refractivity contribution >= 4 is 32.4 Å². The lowest BCUT2D eigenvalue weighted by atomic mass is 10.1. The van der Waals surface area contributed by atoms with E-state index in [-0.39, 0.29) is 5.56 Å². The second-order valence-electron chi connectivity index (χ2n) is 7.81. The number of carbonyl (C=O) groups excluding carboxylic acids is 1. The van der Waals surface area contributed by atoms with E-state index in [9.17, 15) is 17.6 Å². The van der Waals surface area contributed by atoms with E-state index >= 15 is 0 Å². The molecule has 174 valence electrons. The molecule has 0 spiro atoms. The molecule has 0 atom stereocenters. The van der Waals surface area contributed by atoms with Crippen LogP contribution in [0, 0.1) is 12.7 Å². The number of halogens is 1. The molecule has 33 heavy (non-hydrogen) atoms. The molecule has 2 aromatic carbocycles. The fourth-order valence-electron chi connectivity index (χ4n) is 3.73. The van der Waals surface area contributed by atoms with Gasteiger partial charge in [-0.2, -0.15) is 4.31 Å². The first-order valence-electron chi connectivity index (χ1n) is 10.5. The van der Waals surface area contributed by atoms with Crippen LogP contribution in [0.5, 0.6) is 5.75 Å². The van der Waals surface area contributed by atoms with Gasteiger partial charge in [0.15, 0.2) is 5.13 Å². The quantitative estimate of drug-likeness (QED) is 0.543. The zero-order chi connectivity index (χ0) is 23.6. The maximum atomic E-state index is 14.4. The predicted octanol–water partition coefficient (Wildman–Crippen LogP) is 4.69. The molecule has 0 aliphatic carbocycles. The van der Waals surface area contributed by atoms with Crippen LogP contribution < -0.4 is 10.1 Å². The first kappa shape index (κ1) is 23.3. The van der Waals surface area contributed by atoms with Crippen molar-refractivity contribution in [3.05, 3.63) is 58.7 Å². The van der Waals surface area contributed by atoms with Crippen LogP contribution in [0.4, 0.5) is 9.52 Å². The van der Waals surface area contributed by atoms with Crippen molar-refractivity contribution in [3.63, 3.8) is 0 Å². The van der Waals surface area contributed by atoms with E-state index in [0.717, 1.165) is 42.5 Å². The van der Waals surface area contributed by atoms with Crippen molar-refractivity contribution in [1.29, 1.82) is 0 Å². The van der Waals surface area contributed by atoms with E-state index < -0.39 is 26.6 Å². The van der Waals surface area contributed by atoms with Crippen molar-refractivity contribution in [2.75, 3.05) is 25.5 Å². The Labute approximate surface area is 196 Å². The number of rotatable bonds is 6. The minimum atomic E-state index is -4.01. The lowest BCUT2D eigenvalue weighted by molar-refractivity contribution is 0.102. The lowest BCUT2D eigenvalue weighted by Gasteiger charge is -2.26. The summed E-state index contributed by atoms with van der Waals surface area (Å²) < 4.78 is 47.0. The van der Waals surface area contributed by atoms with Gasteiger partial charge in [-0.25, -0.2) is 17.8 Å². The number of nitrogens with one attached hydrogen (secondary N) is 1. The standard InChI is InChI=1S/C23H24FN3O4S2/c1-15-6-9-20(31-2)17(12-15)19-14-32-23(25-19)26-22(28)16-7-8-18(24)21(13-16)33(29,30)27-10-4-3-5-11-27/h6-9,12-14H,3-5,10-11H2,1-2H3,(H,25,26,28). The van der Waals surface area contributed by atoms with Crippen LogP contribution in [0.15, 0.2) is 46.7 Å². The van der Waals surface area contributed by atoms with E-state index in [2.05, 4.69) is 10.3 Å². The Morgan fingerprint density at radius 3 is 2.64 bits per heavy atom. The molecule has 1 saturated heterocycles. The summed E-state index contributed by atoms with van der Waals surface area (Å²) in [6, 6.07) is 9.09. The van der Waals surface area contributed by atoms with Crippen LogP contribution in [0.2, 0.25) is 0 Å². The van der Waals surface area contributed by atoms with Crippen molar-refractivity contribution in [2.45, 2.75) is 31.1 Å². The van der Waals surface area contributed by atoms with Crippen molar-refractivity contribution in [3.8, 4) is 17.0 Å². The summed E-state index contributed by atoms with van der Waals surface area (Å²) in [4.78, 5) is 16.8. The van der Waals surface area contributed by atoms with Gasteiger partial charge in [0, 0.05) is 29.6 Å². The summed E-state index contributed by atoms with van der Waals surface area (Å²) in [6.07, 6.45) is 2.42. The topological polar surface area (TPSA) is 88.6 Å². The molecular formula is C23H24FN3O4S2. The smallest absolute Gasteiger partial charge is 0.257 e. The first-order valence-corrected chi connectivity index (χ1v) is 12.8. The number of ether oxygens (including phenoxy) is 1. The molecule has 0 unspecified atom stereocenters. The van der Waals surface area contributed by atoms with Gasteiger partial charge in [0.1, 0.15) is 16.5 Å². The van der Waals surface area contributed by atoms with E-state index in [1.165, 1.54) is 21.7 Å². The maximum Gasteiger partial charge on any atom is 0.257 e. The maximum absolute atomic E-state index is 14.4. The zero-order valence-corrected chi connectivity index (χ0v) is 19.9. The Morgan fingerprint density at radius 2 is 1.91 bits per heavy atom. The number of aromatic nitrogens is 1. The summed E-state index contributed by atoms with van der Waals surface area (Å²) in [5, 5.41) is 4.81. The van der Waals surface area contributed by atoms with Crippen LogP contribution in [0.25, 0.3) is 11.3 Å². The number of methoxy groups -OCH3 is 1. The zero-order valence-electron chi connectivity index (χ0n) is 18.3. The summed E-state index contributed by atoms with van der Waals surface area (Å²) in [5.74, 6) is -0.780. The summed E-state index contributed by atoms with van der Waals surface area (Å²) >= 11 is 1.23. The van der Waals surface area contributed by atoms with Gasteiger partial charge in [0.2, 0.25) is 10.0 Å². The molecule has 0 radical (unpaired) electrons. The molecule has 2 heterocycles. The SMILES string of the molecule is COc1ccc(C)cc1-c1csc(NC(=O)c2ccc(F)c(S(=O)(=O)N3CCCCC3)c2)n1. The molecule has 0 bridgehead atoms. The number of hydrogen-bond donors (Lipinski definition) is 1. The molecule has 1 aromatic heterocycles. The van der Waals surface area contributed by atoms with E-state index in [4.69, 9.17) is 4.74 Å². The van der Waals surface area contributed by atoms with Gasteiger partial charge < -0.3 is 4.74 Å². The van der Waals surface area contributed by atoms with Crippen LogP contribution >= 0.6 is 11.3 Å². The number of carbonyl (C=O) groups is 1. The normalized spacial score (nSPS) is 14.8. The largest absolute Gasteiger partial charge is 0.496 e. The highest BCUT2D eigenvalue weighted by Gasteiger charge is 2.29. The van der Waals surface area contributed by atoms with Crippen molar-refractivity contribution in [2.24, 2.45) is 0 Å². The van der Waals surface area contributed by atoms with Gasteiger partial charge >= 0.3 is 0 Å². The van der Waals surface area contributed by atoms with Gasteiger partial charge in [-0.05, 0) is 50.1 Å². The number of sulfonamides is 1. The molecule has 7 nitrogen and oxygen atoms in total. The average Bonchev–Trinajstić information content (AvgIpc) is 3.28. The number of aryl methyl sites for hydroxylation is 1. The Balaban J connectivity index is 1.57. The lowest BCUT2D eigenvalue weighted by Crippen LogP contribution is -2.36. The summed E-state index contributed by atoms with van der Waals surface area (Å²) in [7, 11) is -2.44. The van der Waals surface area contributed by atoms with Gasteiger partial charge in [0.05, 0.1) is 12.8 Å². The number of hydrogen-bond acceptors (Lipinski definition) is 6. The third-order valence-electron chi connectivity index (χ3n) is 5.48. The molecule has 10 heteroatoms. The van der Waals surface area contributed by atoms with Gasteiger partial charge in [0.25, 0.3) is 5.91 Å². The van der Waals surface area contributed by atoms with Crippen molar-refractivity contribution < 1.29 is 22.3 Å².